The zero-order chi connectivity index (χ0) is 24.9. The Bertz CT molecular complexity index is 746. The molecule has 0 spiro atoms. The molecule has 0 radical (unpaired) electrons. The molecule has 1 unspecified atom stereocenters. The van der Waals surface area contributed by atoms with Crippen LogP contribution in [-0.4, -0.2) is 64.8 Å². The van der Waals surface area contributed by atoms with Crippen molar-refractivity contribution in [3.05, 3.63) is 53.6 Å². The second-order valence-electron chi connectivity index (χ2n) is 8.81. The first kappa shape index (κ1) is 28.5. The third kappa shape index (κ3) is 8.80. The van der Waals surface area contributed by atoms with Gasteiger partial charge in [0.1, 0.15) is 12.5 Å². The lowest BCUT2D eigenvalue weighted by Crippen LogP contribution is -2.46. The van der Waals surface area contributed by atoms with Crippen LogP contribution in [0.2, 0.25) is 0 Å². The molecule has 1 aromatic carbocycles. The van der Waals surface area contributed by atoms with Crippen LogP contribution >= 0.6 is 0 Å². The lowest BCUT2D eigenvalue weighted by Gasteiger charge is -2.41. The van der Waals surface area contributed by atoms with Crippen LogP contribution in [0.5, 0.6) is 5.75 Å². The molecule has 0 bridgehead atoms. The van der Waals surface area contributed by atoms with Gasteiger partial charge in [-0.05, 0) is 37.5 Å². The molecule has 1 aliphatic heterocycles. The van der Waals surface area contributed by atoms with E-state index in [2.05, 4.69) is 26.0 Å². The summed E-state index contributed by atoms with van der Waals surface area (Å²) in [4.78, 5) is 0. The smallest absolute Gasteiger partial charge is 0.184 e. The average Bonchev–Trinajstić information content (AvgIpc) is 2.84. The Balaban J connectivity index is 2.17. The first-order chi connectivity index (χ1) is 16.4. The van der Waals surface area contributed by atoms with E-state index >= 15 is 0 Å². The Morgan fingerprint density at radius 2 is 1.91 bits per heavy atom. The van der Waals surface area contributed by atoms with E-state index in [0.717, 1.165) is 16.9 Å². The fourth-order valence-electron chi connectivity index (χ4n) is 4.13. The average molecular weight is 479 g/mol. The van der Waals surface area contributed by atoms with Gasteiger partial charge in [0.05, 0.1) is 45.7 Å². The van der Waals surface area contributed by atoms with E-state index in [1.54, 1.807) is 14.2 Å². The quantitative estimate of drug-likeness (QED) is 0.239. The minimum Gasteiger partial charge on any atom is -0.497 e. The van der Waals surface area contributed by atoms with Gasteiger partial charge in [-0.2, -0.15) is 0 Å². The highest BCUT2D eigenvalue weighted by atomic mass is 16.7. The molecule has 0 aliphatic carbocycles. The number of ether oxygens (including phenoxy) is 6. The lowest BCUT2D eigenvalue weighted by molar-refractivity contribution is -0.261. The molecule has 1 aliphatic rings. The third-order valence-corrected chi connectivity index (χ3v) is 5.96. The Morgan fingerprint density at radius 1 is 1.18 bits per heavy atom. The van der Waals surface area contributed by atoms with Gasteiger partial charge in [-0.3, -0.25) is 0 Å². The first-order valence-electron chi connectivity index (χ1n) is 12.0. The fraction of sp³-hybridized carbons (Fsp3) is 0.630. The summed E-state index contributed by atoms with van der Waals surface area (Å²) < 4.78 is 34.0. The second-order valence-corrected chi connectivity index (χ2v) is 8.81. The molecule has 1 saturated heterocycles. The van der Waals surface area contributed by atoms with E-state index in [0.29, 0.717) is 26.4 Å². The topological polar surface area (TPSA) is 75.6 Å². The zero-order valence-corrected chi connectivity index (χ0v) is 21.4. The Labute approximate surface area is 204 Å². The molecule has 1 aromatic rings. The maximum atomic E-state index is 11.4. The van der Waals surface area contributed by atoms with Crippen LogP contribution in [0.4, 0.5) is 0 Å². The molecular formula is C27H42O7. The molecule has 34 heavy (non-hydrogen) atoms. The zero-order valence-electron chi connectivity index (χ0n) is 21.4. The van der Waals surface area contributed by atoms with Gasteiger partial charge in [0.2, 0.25) is 0 Å². The highest BCUT2D eigenvalue weighted by molar-refractivity contribution is 5.28. The standard InChI is InChI=1S/C27H42O7/c1-7-8-19(2)15-20(3)25(28)24(17-32-18-31-14-13-29-5)26-21(4)16-33-27(34-26)22-9-11-23(30-6)12-10-22/h7-12,15,19,21,24-28H,13-14,16-18H2,1-6H3/b8-7-,20-15+/t19-,21+,24+,25+,26-,27?/m0/s1. The van der Waals surface area contributed by atoms with E-state index in [1.807, 2.05) is 44.2 Å². The molecule has 1 heterocycles. The number of hydrogen-bond donors (Lipinski definition) is 1. The van der Waals surface area contributed by atoms with Crippen molar-refractivity contribution < 1.29 is 33.5 Å². The Hall–Kier alpha value is -1.74. The van der Waals surface area contributed by atoms with Crippen molar-refractivity contribution in [3.8, 4) is 5.75 Å². The van der Waals surface area contributed by atoms with Crippen LogP contribution in [-0.2, 0) is 23.7 Å². The van der Waals surface area contributed by atoms with Crippen LogP contribution in [0.25, 0.3) is 0 Å². The second kappa shape index (κ2) is 15.3. The summed E-state index contributed by atoms with van der Waals surface area (Å²) in [7, 11) is 3.27. The van der Waals surface area contributed by atoms with Crippen molar-refractivity contribution in [1.29, 1.82) is 0 Å². The van der Waals surface area contributed by atoms with E-state index in [-0.39, 0.29) is 30.7 Å². The summed E-state index contributed by atoms with van der Waals surface area (Å²) in [5.41, 5.74) is 1.80. The van der Waals surface area contributed by atoms with Gasteiger partial charge in [-0.15, -0.1) is 0 Å². The molecule has 1 fully saturated rings. The van der Waals surface area contributed by atoms with Crippen molar-refractivity contribution in [2.45, 2.75) is 46.2 Å². The molecule has 0 aromatic heterocycles. The summed E-state index contributed by atoms with van der Waals surface area (Å²) in [6.07, 6.45) is 4.67. The largest absolute Gasteiger partial charge is 0.497 e. The maximum absolute atomic E-state index is 11.4. The van der Waals surface area contributed by atoms with Gasteiger partial charge >= 0.3 is 0 Å². The van der Waals surface area contributed by atoms with Crippen molar-refractivity contribution in [2.24, 2.45) is 17.8 Å². The van der Waals surface area contributed by atoms with Crippen molar-refractivity contribution >= 4 is 0 Å². The van der Waals surface area contributed by atoms with Gasteiger partial charge in [0, 0.05) is 24.5 Å². The van der Waals surface area contributed by atoms with Gasteiger partial charge in [-0.1, -0.05) is 44.2 Å². The molecule has 2 rings (SSSR count). The first-order valence-corrected chi connectivity index (χ1v) is 12.0. The number of aliphatic hydroxyl groups excluding tert-OH is 1. The molecule has 0 saturated carbocycles. The molecule has 7 heteroatoms. The van der Waals surface area contributed by atoms with Crippen LogP contribution < -0.4 is 4.74 Å². The van der Waals surface area contributed by atoms with Gasteiger partial charge in [0.25, 0.3) is 0 Å². The summed E-state index contributed by atoms with van der Waals surface area (Å²) in [6.45, 7) is 10.0. The summed E-state index contributed by atoms with van der Waals surface area (Å²) >= 11 is 0. The Kier molecular flexibility index (Phi) is 12.8. The van der Waals surface area contributed by atoms with Crippen LogP contribution in [0.15, 0.2) is 48.1 Å². The lowest BCUT2D eigenvalue weighted by atomic mass is 9.84. The normalized spacial score (nSPS) is 24.2. The van der Waals surface area contributed by atoms with Crippen molar-refractivity contribution in [3.63, 3.8) is 0 Å². The van der Waals surface area contributed by atoms with Gasteiger partial charge in [0.15, 0.2) is 6.29 Å². The third-order valence-electron chi connectivity index (χ3n) is 5.96. The van der Waals surface area contributed by atoms with Crippen LogP contribution in [0.1, 0.15) is 39.5 Å². The number of hydrogen-bond acceptors (Lipinski definition) is 7. The van der Waals surface area contributed by atoms with E-state index in [1.165, 1.54) is 0 Å². The number of benzene rings is 1. The minimum absolute atomic E-state index is 0.0768. The van der Waals surface area contributed by atoms with Gasteiger partial charge in [-0.25, -0.2) is 0 Å². The van der Waals surface area contributed by atoms with Crippen LogP contribution in [0, 0.1) is 17.8 Å². The molecule has 1 N–H and O–H groups in total. The summed E-state index contributed by atoms with van der Waals surface area (Å²) in [6, 6.07) is 7.65. The monoisotopic (exact) mass is 478 g/mol. The number of rotatable bonds is 14. The number of methoxy groups -OCH3 is 2. The van der Waals surface area contributed by atoms with Crippen molar-refractivity contribution in [1.82, 2.24) is 0 Å². The molecule has 192 valence electrons. The fourth-order valence-corrected chi connectivity index (χ4v) is 4.13. The molecule has 6 atom stereocenters. The summed E-state index contributed by atoms with van der Waals surface area (Å²) in [5.74, 6) is 0.780. The van der Waals surface area contributed by atoms with E-state index in [4.69, 9.17) is 28.4 Å². The molecule has 7 nitrogen and oxygen atoms in total. The van der Waals surface area contributed by atoms with E-state index < -0.39 is 12.4 Å². The number of aliphatic hydroxyl groups is 1. The van der Waals surface area contributed by atoms with Gasteiger partial charge < -0.3 is 33.5 Å². The SMILES string of the molecule is C/C=C\[C@H](C)/C=C(\C)[C@@H](O)[C@@H](COCOCCOC)[C@H]1OC(c2ccc(OC)cc2)OC[C@H]1C. The minimum atomic E-state index is -0.728. The Morgan fingerprint density at radius 3 is 2.56 bits per heavy atom. The highest BCUT2D eigenvalue weighted by Crippen LogP contribution is 2.35. The van der Waals surface area contributed by atoms with Crippen LogP contribution in [0.3, 0.4) is 0 Å². The number of allylic oxidation sites excluding steroid dienone is 3. The van der Waals surface area contributed by atoms with Crippen molar-refractivity contribution in [2.75, 3.05) is 47.4 Å². The predicted octanol–water partition coefficient (Wildman–Crippen LogP) is 4.52. The molecular weight excluding hydrogens is 436 g/mol. The molecule has 0 amide bonds. The van der Waals surface area contributed by atoms with E-state index in [9.17, 15) is 5.11 Å². The maximum Gasteiger partial charge on any atom is 0.184 e. The highest BCUT2D eigenvalue weighted by Gasteiger charge is 2.39. The summed E-state index contributed by atoms with van der Waals surface area (Å²) in [5, 5.41) is 11.4. The predicted molar refractivity (Wildman–Crippen MR) is 132 cm³/mol.